The molecule has 1 amide bonds. The normalized spacial score (nSPS) is 12.4. The number of nitrogens with one attached hydrogen (secondary N) is 3. The minimum Gasteiger partial charge on any atom is -0.356 e. The third-order valence-corrected chi connectivity index (χ3v) is 2.36. The van der Waals surface area contributed by atoms with Crippen LogP contribution in [0.3, 0.4) is 0 Å². The van der Waals surface area contributed by atoms with Crippen molar-refractivity contribution in [3.05, 3.63) is 18.0 Å². The average Bonchev–Trinajstić information content (AvgIpc) is 2.79. The highest BCUT2D eigenvalue weighted by atomic mass is 16.1. The molecule has 0 radical (unpaired) electrons. The third kappa shape index (κ3) is 4.44. The van der Waals surface area contributed by atoms with Gasteiger partial charge in [-0.2, -0.15) is 5.10 Å². The Hall–Kier alpha value is -1.36. The van der Waals surface area contributed by atoms with Crippen LogP contribution >= 0.6 is 0 Å². The number of carbonyl (C=O) groups is 1. The third-order valence-electron chi connectivity index (χ3n) is 2.36. The van der Waals surface area contributed by atoms with E-state index < -0.39 is 0 Å². The molecule has 0 fully saturated rings. The van der Waals surface area contributed by atoms with Gasteiger partial charge in [-0.3, -0.25) is 9.89 Å². The van der Waals surface area contributed by atoms with Gasteiger partial charge in [-0.1, -0.05) is 6.92 Å². The van der Waals surface area contributed by atoms with Gasteiger partial charge < -0.3 is 10.6 Å². The average molecular weight is 224 g/mol. The molecule has 0 aliphatic rings. The second-order valence-corrected chi connectivity index (χ2v) is 3.79. The lowest BCUT2D eigenvalue weighted by atomic mass is 10.2. The predicted octanol–water partition coefficient (Wildman–Crippen LogP) is 0.977. The van der Waals surface area contributed by atoms with Crippen LogP contribution in [-0.2, 0) is 4.79 Å². The number of aromatic nitrogens is 2. The fraction of sp³-hybridized carbons (Fsp3) is 0.636. The van der Waals surface area contributed by atoms with E-state index in [4.69, 9.17) is 0 Å². The van der Waals surface area contributed by atoms with Crippen molar-refractivity contribution in [3.8, 4) is 0 Å². The van der Waals surface area contributed by atoms with Crippen LogP contribution in [0, 0.1) is 0 Å². The maximum atomic E-state index is 11.3. The maximum absolute atomic E-state index is 11.3. The Kier molecular flexibility index (Phi) is 5.56. The van der Waals surface area contributed by atoms with Crippen molar-refractivity contribution in [2.24, 2.45) is 0 Å². The van der Waals surface area contributed by atoms with Gasteiger partial charge in [0.05, 0.1) is 5.69 Å². The summed E-state index contributed by atoms with van der Waals surface area (Å²) >= 11 is 0. The van der Waals surface area contributed by atoms with Crippen LogP contribution in [-0.4, -0.2) is 29.2 Å². The number of amides is 1. The van der Waals surface area contributed by atoms with Crippen LogP contribution in [0.5, 0.6) is 0 Å². The van der Waals surface area contributed by atoms with Crippen LogP contribution in [0.15, 0.2) is 12.3 Å². The molecule has 16 heavy (non-hydrogen) atoms. The first-order chi connectivity index (χ1) is 7.74. The molecule has 1 aromatic rings. The van der Waals surface area contributed by atoms with Gasteiger partial charge in [0, 0.05) is 31.7 Å². The topological polar surface area (TPSA) is 69.8 Å². The van der Waals surface area contributed by atoms with Crippen molar-refractivity contribution >= 4 is 5.91 Å². The molecule has 0 aromatic carbocycles. The van der Waals surface area contributed by atoms with E-state index in [0.29, 0.717) is 13.0 Å². The molecule has 1 unspecified atom stereocenters. The smallest absolute Gasteiger partial charge is 0.221 e. The SMILES string of the molecule is CCCNC(=O)CCNC(C)c1ccn[nH]1. The highest BCUT2D eigenvalue weighted by molar-refractivity contribution is 5.75. The fourth-order valence-corrected chi connectivity index (χ4v) is 1.37. The van der Waals surface area contributed by atoms with Crippen LogP contribution in [0.2, 0.25) is 0 Å². The molecular weight excluding hydrogens is 204 g/mol. The van der Waals surface area contributed by atoms with E-state index in [0.717, 1.165) is 18.7 Å². The van der Waals surface area contributed by atoms with Crippen molar-refractivity contribution < 1.29 is 4.79 Å². The fourth-order valence-electron chi connectivity index (χ4n) is 1.37. The number of H-pyrrole nitrogens is 1. The Labute approximate surface area is 96.0 Å². The van der Waals surface area contributed by atoms with Crippen molar-refractivity contribution in [2.45, 2.75) is 32.7 Å². The zero-order valence-electron chi connectivity index (χ0n) is 9.92. The first-order valence-electron chi connectivity index (χ1n) is 5.73. The quantitative estimate of drug-likeness (QED) is 0.646. The Morgan fingerprint density at radius 1 is 1.56 bits per heavy atom. The Balaban J connectivity index is 2.13. The minimum atomic E-state index is 0.103. The van der Waals surface area contributed by atoms with E-state index in [1.807, 2.05) is 19.9 Å². The van der Waals surface area contributed by atoms with E-state index in [9.17, 15) is 4.79 Å². The summed E-state index contributed by atoms with van der Waals surface area (Å²) in [7, 11) is 0. The summed E-state index contributed by atoms with van der Waals surface area (Å²) in [6.07, 6.45) is 3.21. The summed E-state index contributed by atoms with van der Waals surface area (Å²) in [5, 5.41) is 12.9. The summed E-state index contributed by atoms with van der Waals surface area (Å²) in [5.41, 5.74) is 1.04. The van der Waals surface area contributed by atoms with Crippen LogP contribution < -0.4 is 10.6 Å². The standard InChI is InChI=1S/C11H20N4O/c1-3-6-13-11(16)5-7-12-9(2)10-4-8-14-15-10/h4,8-9,12H,3,5-7H2,1-2H3,(H,13,16)(H,14,15). The van der Waals surface area contributed by atoms with Crippen LogP contribution in [0.4, 0.5) is 0 Å². The molecule has 0 aliphatic carbocycles. The lowest BCUT2D eigenvalue weighted by Crippen LogP contribution is -2.29. The van der Waals surface area contributed by atoms with E-state index in [1.165, 1.54) is 0 Å². The highest BCUT2D eigenvalue weighted by Gasteiger charge is 2.06. The molecule has 1 heterocycles. The van der Waals surface area contributed by atoms with Gasteiger partial charge >= 0.3 is 0 Å². The first kappa shape index (κ1) is 12.7. The van der Waals surface area contributed by atoms with E-state index in [-0.39, 0.29) is 11.9 Å². The summed E-state index contributed by atoms with van der Waals surface area (Å²) in [6, 6.07) is 2.12. The molecule has 1 aromatic heterocycles. The van der Waals surface area contributed by atoms with Gasteiger partial charge in [-0.15, -0.1) is 0 Å². The van der Waals surface area contributed by atoms with Crippen molar-refractivity contribution in [1.29, 1.82) is 0 Å². The van der Waals surface area contributed by atoms with Crippen molar-refractivity contribution in [2.75, 3.05) is 13.1 Å². The van der Waals surface area contributed by atoms with Gasteiger partial charge in [-0.25, -0.2) is 0 Å². The van der Waals surface area contributed by atoms with E-state index >= 15 is 0 Å². The Morgan fingerprint density at radius 2 is 2.38 bits per heavy atom. The molecule has 0 spiro atoms. The van der Waals surface area contributed by atoms with E-state index in [1.54, 1.807) is 6.20 Å². The monoisotopic (exact) mass is 224 g/mol. The molecule has 0 saturated carbocycles. The lowest BCUT2D eigenvalue weighted by Gasteiger charge is -2.11. The summed E-state index contributed by atoms with van der Waals surface area (Å²) in [6.45, 7) is 5.51. The Morgan fingerprint density at radius 3 is 3.00 bits per heavy atom. The number of aromatic amines is 1. The molecule has 0 aliphatic heterocycles. The zero-order chi connectivity index (χ0) is 11.8. The molecule has 1 atom stereocenters. The summed E-state index contributed by atoms with van der Waals surface area (Å²) in [5.74, 6) is 0.103. The number of carbonyl (C=O) groups excluding carboxylic acids is 1. The minimum absolute atomic E-state index is 0.103. The molecule has 5 nitrogen and oxygen atoms in total. The van der Waals surface area contributed by atoms with Gasteiger partial charge in [0.1, 0.15) is 0 Å². The predicted molar refractivity (Wildman–Crippen MR) is 62.9 cm³/mol. The molecule has 5 heteroatoms. The molecule has 90 valence electrons. The molecule has 3 N–H and O–H groups in total. The van der Waals surface area contributed by atoms with Crippen LogP contribution in [0.1, 0.15) is 38.4 Å². The van der Waals surface area contributed by atoms with Crippen molar-refractivity contribution in [1.82, 2.24) is 20.8 Å². The van der Waals surface area contributed by atoms with E-state index in [2.05, 4.69) is 20.8 Å². The van der Waals surface area contributed by atoms with Crippen molar-refractivity contribution in [3.63, 3.8) is 0 Å². The molecule has 1 rings (SSSR count). The number of hydrogen-bond acceptors (Lipinski definition) is 3. The second-order valence-electron chi connectivity index (χ2n) is 3.79. The number of hydrogen-bond donors (Lipinski definition) is 3. The number of nitrogens with zero attached hydrogens (tertiary/aromatic N) is 1. The highest BCUT2D eigenvalue weighted by Crippen LogP contribution is 2.06. The molecule has 0 bridgehead atoms. The second kappa shape index (κ2) is 7.00. The Bertz CT molecular complexity index is 297. The maximum Gasteiger partial charge on any atom is 0.221 e. The first-order valence-corrected chi connectivity index (χ1v) is 5.73. The van der Waals surface area contributed by atoms with Gasteiger partial charge in [0.15, 0.2) is 0 Å². The summed E-state index contributed by atoms with van der Waals surface area (Å²) in [4.78, 5) is 11.3. The largest absolute Gasteiger partial charge is 0.356 e. The molecular formula is C11H20N4O. The molecule has 0 saturated heterocycles. The van der Waals surface area contributed by atoms with Gasteiger partial charge in [0.25, 0.3) is 0 Å². The zero-order valence-corrected chi connectivity index (χ0v) is 9.92. The van der Waals surface area contributed by atoms with Gasteiger partial charge in [0.2, 0.25) is 5.91 Å². The summed E-state index contributed by atoms with van der Waals surface area (Å²) < 4.78 is 0. The lowest BCUT2D eigenvalue weighted by molar-refractivity contribution is -0.121. The van der Waals surface area contributed by atoms with Crippen LogP contribution in [0.25, 0.3) is 0 Å². The van der Waals surface area contributed by atoms with Gasteiger partial charge in [-0.05, 0) is 19.4 Å². The number of rotatable bonds is 7.